The second kappa shape index (κ2) is 9.15. The molecule has 1 unspecified atom stereocenters. The number of hydrogen-bond donors (Lipinski definition) is 3. The zero-order valence-corrected chi connectivity index (χ0v) is 15.1. The average Bonchev–Trinajstić information content (AvgIpc) is 2.56. The Hall–Kier alpha value is -2.44. The summed E-state index contributed by atoms with van der Waals surface area (Å²) in [5.74, 6) is -0.488. The highest BCUT2D eigenvalue weighted by Crippen LogP contribution is 2.18. The summed E-state index contributed by atoms with van der Waals surface area (Å²) in [6, 6.07) is 10.2. The highest BCUT2D eigenvalue weighted by atomic mass is 35.5. The molecular formula is C18H23ClN4O2. The smallest absolute Gasteiger partial charge is 0.255 e. The van der Waals surface area contributed by atoms with Crippen molar-refractivity contribution in [1.29, 1.82) is 0 Å². The lowest BCUT2D eigenvalue weighted by molar-refractivity contribution is -0.120. The Labute approximate surface area is 153 Å². The summed E-state index contributed by atoms with van der Waals surface area (Å²) in [4.78, 5) is 28.3. The van der Waals surface area contributed by atoms with Gasteiger partial charge in [0.15, 0.2) is 0 Å². The number of hydrogen-bond acceptors (Lipinski definition) is 4. The third kappa shape index (κ3) is 5.85. The van der Waals surface area contributed by atoms with Gasteiger partial charge in [0, 0.05) is 29.3 Å². The molecule has 1 aromatic carbocycles. The Kier molecular flexibility index (Phi) is 7.54. The molecule has 1 atom stereocenters. The van der Waals surface area contributed by atoms with Crippen LogP contribution in [-0.4, -0.2) is 22.3 Å². The second-order valence-electron chi connectivity index (χ2n) is 5.89. The van der Waals surface area contributed by atoms with E-state index in [9.17, 15) is 9.59 Å². The number of amides is 2. The number of carbonyl (C=O) groups is 2. The molecule has 0 aliphatic rings. The number of carbonyl (C=O) groups excluding carboxylic acids is 2. The number of benzene rings is 1. The molecule has 0 saturated heterocycles. The first-order chi connectivity index (χ1) is 11.4. The lowest BCUT2D eigenvalue weighted by Gasteiger charge is -2.23. The zero-order chi connectivity index (χ0) is 17.6. The highest BCUT2D eigenvalue weighted by molar-refractivity contribution is 6.04. The molecule has 2 amide bonds. The number of nitrogens with zero attached hydrogens (tertiary/aromatic N) is 1. The maximum absolute atomic E-state index is 12.2. The lowest BCUT2D eigenvalue weighted by Crippen LogP contribution is -2.48. The van der Waals surface area contributed by atoms with Gasteiger partial charge < -0.3 is 16.4 Å². The second-order valence-corrected chi connectivity index (χ2v) is 5.89. The molecule has 25 heavy (non-hydrogen) atoms. The first kappa shape index (κ1) is 20.6. The van der Waals surface area contributed by atoms with Gasteiger partial charge >= 0.3 is 0 Å². The van der Waals surface area contributed by atoms with Crippen LogP contribution in [0.15, 0.2) is 48.8 Å². The number of rotatable bonds is 6. The number of anilines is 2. The van der Waals surface area contributed by atoms with Crippen LogP contribution < -0.4 is 16.4 Å². The monoisotopic (exact) mass is 362 g/mol. The van der Waals surface area contributed by atoms with Gasteiger partial charge in [0.2, 0.25) is 5.91 Å². The van der Waals surface area contributed by atoms with Gasteiger partial charge in [-0.15, -0.1) is 12.4 Å². The standard InChI is InChI=1S/C18H22N4O2.ClH/c1-3-9-18(2,19)17(24)22-15-6-4-5-14(12-15)21-16(23)13-7-10-20-11-8-13;/h4-8,10-12H,3,9,19H2,1-2H3,(H,21,23)(H,22,24);1H. The summed E-state index contributed by atoms with van der Waals surface area (Å²) < 4.78 is 0. The van der Waals surface area contributed by atoms with E-state index in [1.807, 2.05) is 6.92 Å². The van der Waals surface area contributed by atoms with Crippen LogP contribution in [0.3, 0.4) is 0 Å². The topological polar surface area (TPSA) is 97.1 Å². The maximum Gasteiger partial charge on any atom is 0.255 e. The Morgan fingerprint density at radius 3 is 2.32 bits per heavy atom. The van der Waals surface area contributed by atoms with E-state index in [0.29, 0.717) is 23.4 Å². The van der Waals surface area contributed by atoms with Gasteiger partial charge in [-0.1, -0.05) is 19.4 Å². The minimum absolute atomic E-state index is 0. The van der Waals surface area contributed by atoms with Gasteiger partial charge in [-0.3, -0.25) is 14.6 Å². The fourth-order valence-electron chi connectivity index (χ4n) is 2.29. The lowest BCUT2D eigenvalue weighted by atomic mass is 9.96. The molecule has 0 bridgehead atoms. The SMILES string of the molecule is CCCC(C)(N)C(=O)Nc1cccc(NC(=O)c2ccncc2)c1.Cl. The fraction of sp³-hybridized carbons (Fsp3) is 0.278. The van der Waals surface area contributed by atoms with Crippen molar-refractivity contribution in [2.75, 3.05) is 10.6 Å². The van der Waals surface area contributed by atoms with Crippen molar-refractivity contribution in [3.8, 4) is 0 Å². The summed E-state index contributed by atoms with van der Waals surface area (Å²) in [5.41, 5.74) is 6.78. The van der Waals surface area contributed by atoms with E-state index >= 15 is 0 Å². The molecule has 1 heterocycles. The highest BCUT2D eigenvalue weighted by Gasteiger charge is 2.27. The van der Waals surface area contributed by atoms with E-state index in [4.69, 9.17) is 5.73 Å². The molecule has 0 fully saturated rings. The first-order valence-electron chi connectivity index (χ1n) is 7.84. The van der Waals surface area contributed by atoms with Crippen molar-refractivity contribution < 1.29 is 9.59 Å². The summed E-state index contributed by atoms with van der Waals surface area (Å²) in [6.45, 7) is 3.69. The molecular weight excluding hydrogens is 340 g/mol. The third-order valence-electron chi connectivity index (χ3n) is 3.61. The van der Waals surface area contributed by atoms with Crippen molar-refractivity contribution >= 4 is 35.6 Å². The van der Waals surface area contributed by atoms with Gasteiger partial charge in [-0.2, -0.15) is 0 Å². The van der Waals surface area contributed by atoms with Gasteiger partial charge in [0.25, 0.3) is 5.91 Å². The predicted octanol–water partition coefficient (Wildman–Crippen LogP) is 3.21. The van der Waals surface area contributed by atoms with Crippen LogP contribution in [0.25, 0.3) is 0 Å². The molecule has 0 spiro atoms. The molecule has 0 aliphatic heterocycles. The molecule has 134 valence electrons. The van der Waals surface area contributed by atoms with Gasteiger partial charge in [0.1, 0.15) is 0 Å². The first-order valence-corrected chi connectivity index (χ1v) is 7.84. The molecule has 2 aromatic rings. The number of nitrogens with one attached hydrogen (secondary N) is 2. The van der Waals surface area contributed by atoms with Crippen molar-refractivity contribution in [1.82, 2.24) is 4.98 Å². The molecule has 4 N–H and O–H groups in total. The third-order valence-corrected chi connectivity index (χ3v) is 3.61. The van der Waals surface area contributed by atoms with E-state index in [-0.39, 0.29) is 24.2 Å². The zero-order valence-electron chi connectivity index (χ0n) is 14.3. The van der Waals surface area contributed by atoms with E-state index in [0.717, 1.165) is 6.42 Å². The van der Waals surface area contributed by atoms with Crippen LogP contribution in [0.2, 0.25) is 0 Å². The number of pyridine rings is 1. The van der Waals surface area contributed by atoms with E-state index in [2.05, 4.69) is 15.6 Å². The Morgan fingerprint density at radius 1 is 1.12 bits per heavy atom. The molecule has 7 heteroatoms. The normalized spacial score (nSPS) is 12.4. The largest absolute Gasteiger partial charge is 0.324 e. The molecule has 1 aromatic heterocycles. The van der Waals surface area contributed by atoms with Crippen molar-refractivity contribution in [2.45, 2.75) is 32.2 Å². The number of nitrogens with two attached hydrogens (primary N) is 1. The molecule has 0 radical (unpaired) electrons. The molecule has 0 saturated carbocycles. The van der Waals surface area contributed by atoms with Gasteiger partial charge in [0.05, 0.1) is 5.54 Å². The average molecular weight is 363 g/mol. The molecule has 6 nitrogen and oxygen atoms in total. The van der Waals surface area contributed by atoms with Gasteiger partial charge in [-0.25, -0.2) is 0 Å². The van der Waals surface area contributed by atoms with Crippen LogP contribution in [0.4, 0.5) is 11.4 Å². The van der Waals surface area contributed by atoms with E-state index in [1.165, 1.54) is 0 Å². The number of halogens is 1. The van der Waals surface area contributed by atoms with Crippen LogP contribution in [0.5, 0.6) is 0 Å². The van der Waals surface area contributed by atoms with Crippen molar-refractivity contribution in [3.05, 3.63) is 54.4 Å². The van der Waals surface area contributed by atoms with E-state index in [1.54, 1.807) is 55.7 Å². The van der Waals surface area contributed by atoms with Crippen LogP contribution in [0, 0.1) is 0 Å². The van der Waals surface area contributed by atoms with Crippen molar-refractivity contribution in [2.24, 2.45) is 5.73 Å². The Bertz CT molecular complexity index is 720. The van der Waals surface area contributed by atoms with Crippen LogP contribution >= 0.6 is 12.4 Å². The predicted molar refractivity (Wildman–Crippen MR) is 102 cm³/mol. The van der Waals surface area contributed by atoms with E-state index < -0.39 is 5.54 Å². The Balaban J connectivity index is 0.00000312. The fourth-order valence-corrected chi connectivity index (χ4v) is 2.29. The molecule has 2 rings (SSSR count). The van der Waals surface area contributed by atoms with Crippen molar-refractivity contribution in [3.63, 3.8) is 0 Å². The minimum atomic E-state index is -0.926. The maximum atomic E-state index is 12.2. The van der Waals surface area contributed by atoms with Crippen LogP contribution in [-0.2, 0) is 4.79 Å². The molecule has 0 aliphatic carbocycles. The summed E-state index contributed by atoms with van der Waals surface area (Å²) in [7, 11) is 0. The van der Waals surface area contributed by atoms with Crippen LogP contribution in [0.1, 0.15) is 37.0 Å². The number of aromatic nitrogens is 1. The summed E-state index contributed by atoms with van der Waals surface area (Å²) in [5, 5.41) is 5.58. The summed E-state index contributed by atoms with van der Waals surface area (Å²) >= 11 is 0. The quantitative estimate of drug-likeness (QED) is 0.735. The van der Waals surface area contributed by atoms with Gasteiger partial charge in [-0.05, 0) is 43.7 Å². The Morgan fingerprint density at radius 2 is 1.72 bits per heavy atom. The minimum Gasteiger partial charge on any atom is -0.324 e. The summed E-state index contributed by atoms with van der Waals surface area (Å²) in [6.07, 6.45) is 4.53.